The molecule has 0 saturated heterocycles. The highest BCUT2D eigenvalue weighted by atomic mass is 28.3. The van der Waals surface area contributed by atoms with E-state index in [9.17, 15) is 4.79 Å². The van der Waals surface area contributed by atoms with Gasteiger partial charge in [0.1, 0.15) is 0 Å². The summed E-state index contributed by atoms with van der Waals surface area (Å²) in [5.41, 5.74) is 0. The third kappa shape index (κ3) is 3.82. The smallest absolute Gasteiger partial charge is 0.309 e. The molecule has 0 rings (SSSR count). The van der Waals surface area contributed by atoms with E-state index in [1.165, 1.54) is 18.1 Å². The first-order chi connectivity index (χ1) is 7.06. The maximum Gasteiger partial charge on any atom is 0.309 e. The summed E-state index contributed by atoms with van der Waals surface area (Å²) in [6.45, 7) is 13.1. The van der Waals surface area contributed by atoms with Crippen molar-refractivity contribution in [2.24, 2.45) is 0 Å². The molecule has 3 heteroatoms. The average Bonchev–Trinajstić information content (AvgIpc) is 2.21. The summed E-state index contributed by atoms with van der Waals surface area (Å²) in [4.78, 5) is 11.4. The minimum atomic E-state index is -1.41. The highest BCUT2D eigenvalue weighted by Crippen LogP contribution is 2.29. The molecule has 0 aromatic heterocycles. The maximum absolute atomic E-state index is 11.4. The molecule has 0 amide bonds. The van der Waals surface area contributed by atoms with Crippen molar-refractivity contribution in [3.05, 3.63) is 11.8 Å². The Hall–Kier alpha value is -0.573. The van der Waals surface area contributed by atoms with Crippen LogP contribution in [0.3, 0.4) is 0 Å². The van der Waals surface area contributed by atoms with Gasteiger partial charge >= 0.3 is 5.97 Å². The van der Waals surface area contributed by atoms with E-state index in [1.807, 2.05) is 6.92 Å². The SMILES string of the molecule is C=C(CC(=O)OCC)[Si](CC)(CC)CC. The van der Waals surface area contributed by atoms with Gasteiger partial charge < -0.3 is 4.74 Å². The lowest BCUT2D eigenvalue weighted by atomic mass is 10.4. The number of hydrogen-bond acceptors (Lipinski definition) is 2. The van der Waals surface area contributed by atoms with Crippen molar-refractivity contribution in [2.45, 2.75) is 52.2 Å². The van der Waals surface area contributed by atoms with Crippen LogP contribution in [0.2, 0.25) is 18.1 Å². The van der Waals surface area contributed by atoms with Crippen LogP contribution in [0, 0.1) is 0 Å². The largest absolute Gasteiger partial charge is 0.466 e. The molecule has 0 aliphatic heterocycles. The van der Waals surface area contributed by atoms with Crippen molar-refractivity contribution in [2.75, 3.05) is 6.61 Å². The van der Waals surface area contributed by atoms with Gasteiger partial charge in [-0.2, -0.15) is 0 Å². The van der Waals surface area contributed by atoms with Crippen molar-refractivity contribution in [3.63, 3.8) is 0 Å². The first-order valence-corrected chi connectivity index (χ1v) is 8.52. The van der Waals surface area contributed by atoms with Crippen LogP contribution in [-0.2, 0) is 9.53 Å². The van der Waals surface area contributed by atoms with Crippen molar-refractivity contribution >= 4 is 14.0 Å². The number of esters is 1. The lowest BCUT2D eigenvalue weighted by Crippen LogP contribution is -2.35. The second-order valence-electron chi connectivity index (χ2n) is 3.93. The third-order valence-electron chi connectivity index (χ3n) is 3.44. The maximum atomic E-state index is 11.4. The number of ether oxygens (including phenoxy) is 1. The normalized spacial score (nSPS) is 11.2. The van der Waals surface area contributed by atoms with Crippen molar-refractivity contribution in [1.82, 2.24) is 0 Å². The summed E-state index contributed by atoms with van der Waals surface area (Å²) in [6.07, 6.45) is 0.426. The van der Waals surface area contributed by atoms with E-state index in [-0.39, 0.29) is 5.97 Å². The predicted molar refractivity (Wildman–Crippen MR) is 67.6 cm³/mol. The van der Waals surface area contributed by atoms with Crippen LogP contribution < -0.4 is 0 Å². The summed E-state index contributed by atoms with van der Waals surface area (Å²) < 4.78 is 4.96. The zero-order valence-corrected chi connectivity index (χ0v) is 11.6. The number of rotatable bonds is 7. The zero-order valence-electron chi connectivity index (χ0n) is 10.6. The van der Waals surface area contributed by atoms with Gasteiger partial charge in [-0.15, -0.1) is 6.58 Å². The highest BCUT2D eigenvalue weighted by molar-refractivity contribution is 6.86. The minimum Gasteiger partial charge on any atom is -0.466 e. The van der Waals surface area contributed by atoms with E-state index in [0.29, 0.717) is 13.0 Å². The fourth-order valence-corrected chi connectivity index (χ4v) is 5.59. The molecule has 88 valence electrons. The van der Waals surface area contributed by atoms with Gasteiger partial charge in [0.05, 0.1) is 21.1 Å². The fourth-order valence-electron chi connectivity index (χ4n) is 2.07. The van der Waals surface area contributed by atoms with Gasteiger partial charge in [-0.25, -0.2) is 0 Å². The van der Waals surface area contributed by atoms with Crippen LogP contribution in [-0.4, -0.2) is 20.7 Å². The van der Waals surface area contributed by atoms with Crippen molar-refractivity contribution in [3.8, 4) is 0 Å². The summed E-state index contributed by atoms with van der Waals surface area (Å²) in [6, 6.07) is 3.54. The van der Waals surface area contributed by atoms with Crippen molar-refractivity contribution in [1.29, 1.82) is 0 Å². The Morgan fingerprint density at radius 3 is 1.93 bits per heavy atom. The van der Waals surface area contributed by atoms with E-state index in [1.54, 1.807) is 0 Å². The van der Waals surface area contributed by atoms with Crippen molar-refractivity contribution < 1.29 is 9.53 Å². The second kappa shape index (κ2) is 6.83. The Balaban J connectivity index is 4.45. The Bertz CT molecular complexity index is 211. The van der Waals surface area contributed by atoms with E-state index < -0.39 is 8.07 Å². The molecule has 0 aromatic carbocycles. The summed E-state index contributed by atoms with van der Waals surface area (Å²) in [5, 5.41) is 1.16. The van der Waals surface area contributed by atoms with Crippen LogP contribution in [0.4, 0.5) is 0 Å². The monoisotopic (exact) mass is 228 g/mol. The summed E-state index contributed by atoms with van der Waals surface area (Å²) in [5.74, 6) is -0.116. The van der Waals surface area contributed by atoms with Gasteiger partial charge in [-0.05, 0) is 6.92 Å². The number of carbonyl (C=O) groups excluding carboxylic acids is 1. The van der Waals surface area contributed by atoms with Crippen LogP contribution >= 0.6 is 0 Å². The molecule has 0 radical (unpaired) electrons. The summed E-state index contributed by atoms with van der Waals surface area (Å²) >= 11 is 0. The average molecular weight is 228 g/mol. The molecule has 0 aromatic rings. The van der Waals surface area contributed by atoms with E-state index in [0.717, 1.165) is 5.20 Å². The van der Waals surface area contributed by atoms with Crippen LogP contribution in [0.25, 0.3) is 0 Å². The van der Waals surface area contributed by atoms with Crippen LogP contribution in [0.1, 0.15) is 34.1 Å². The topological polar surface area (TPSA) is 26.3 Å². The molecule has 15 heavy (non-hydrogen) atoms. The molecular formula is C12H24O2Si. The third-order valence-corrected chi connectivity index (χ3v) is 9.18. The molecule has 0 fully saturated rings. The van der Waals surface area contributed by atoms with Crippen LogP contribution in [0.5, 0.6) is 0 Å². The number of carbonyl (C=O) groups is 1. The quantitative estimate of drug-likeness (QED) is 0.492. The van der Waals surface area contributed by atoms with E-state index in [4.69, 9.17) is 4.74 Å². The number of hydrogen-bond donors (Lipinski definition) is 0. The second-order valence-corrected chi connectivity index (χ2v) is 9.32. The molecule has 0 atom stereocenters. The lowest BCUT2D eigenvalue weighted by Gasteiger charge is -2.30. The Morgan fingerprint density at radius 1 is 1.13 bits per heavy atom. The van der Waals surface area contributed by atoms with E-state index in [2.05, 4.69) is 27.4 Å². The Labute approximate surface area is 94.7 Å². The molecular weight excluding hydrogens is 204 g/mol. The van der Waals surface area contributed by atoms with Gasteiger partial charge in [0.2, 0.25) is 0 Å². The van der Waals surface area contributed by atoms with E-state index >= 15 is 0 Å². The van der Waals surface area contributed by atoms with Gasteiger partial charge in [-0.3, -0.25) is 4.79 Å². The molecule has 0 heterocycles. The van der Waals surface area contributed by atoms with Gasteiger partial charge in [-0.1, -0.05) is 44.1 Å². The molecule has 0 spiro atoms. The standard InChI is InChI=1S/C12H24O2Si/c1-6-14-12(13)10-11(5)15(7-2,8-3)9-4/h5-10H2,1-4H3. The fraction of sp³-hybridized carbons (Fsp3) is 0.750. The molecule has 0 aliphatic rings. The van der Waals surface area contributed by atoms with Crippen LogP contribution in [0.15, 0.2) is 11.8 Å². The Kier molecular flexibility index (Phi) is 6.57. The molecule has 0 unspecified atom stereocenters. The van der Waals surface area contributed by atoms with Gasteiger partial charge in [0.15, 0.2) is 0 Å². The predicted octanol–water partition coefficient (Wildman–Crippen LogP) is 3.54. The molecule has 2 nitrogen and oxygen atoms in total. The highest BCUT2D eigenvalue weighted by Gasteiger charge is 2.31. The molecule has 0 aliphatic carbocycles. The Morgan fingerprint density at radius 2 is 1.60 bits per heavy atom. The molecule has 0 saturated carbocycles. The zero-order chi connectivity index (χ0) is 11.9. The van der Waals surface area contributed by atoms with Gasteiger partial charge in [0, 0.05) is 0 Å². The summed E-state index contributed by atoms with van der Waals surface area (Å²) in [7, 11) is -1.41. The molecule has 0 bridgehead atoms. The first-order valence-electron chi connectivity index (χ1n) is 5.90. The first kappa shape index (κ1) is 14.4. The lowest BCUT2D eigenvalue weighted by molar-refractivity contribution is -0.142. The molecule has 0 N–H and O–H groups in total. The van der Waals surface area contributed by atoms with Gasteiger partial charge in [0.25, 0.3) is 0 Å². The minimum absolute atomic E-state index is 0.116.